The third-order valence-electron chi connectivity index (χ3n) is 1.71. The number of carboxylic acid groups (broad SMARTS) is 1. The van der Waals surface area contributed by atoms with Crippen LogP contribution in [0.5, 0.6) is 5.75 Å². The molecule has 0 bridgehead atoms. The second-order valence-electron chi connectivity index (χ2n) is 2.96. The highest BCUT2D eigenvalue weighted by molar-refractivity contribution is 9.11. The molecule has 1 aromatic carbocycles. The zero-order valence-corrected chi connectivity index (χ0v) is 11.7. The minimum atomic E-state index is -1.07. The van der Waals surface area contributed by atoms with Gasteiger partial charge in [0.05, 0.1) is 4.47 Å². The van der Waals surface area contributed by atoms with E-state index in [1.54, 1.807) is 18.2 Å². The molecule has 0 aliphatic rings. The largest absolute Gasteiger partial charge is 0.475 e. The second-order valence-corrected chi connectivity index (χ2v) is 4.73. The smallest absolute Gasteiger partial charge is 0.371 e. The lowest BCUT2D eigenvalue weighted by Crippen LogP contribution is -2.07. The molecular formula is C11H10Br2O3. The van der Waals surface area contributed by atoms with E-state index in [1.165, 1.54) is 6.08 Å². The molecule has 5 heteroatoms. The van der Waals surface area contributed by atoms with Gasteiger partial charge >= 0.3 is 5.97 Å². The van der Waals surface area contributed by atoms with Crippen molar-refractivity contribution in [1.82, 2.24) is 0 Å². The van der Waals surface area contributed by atoms with Gasteiger partial charge in [0.2, 0.25) is 5.76 Å². The van der Waals surface area contributed by atoms with Gasteiger partial charge in [0.1, 0.15) is 5.75 Å². The van der Waals surface area contributed by atoms with E-state index in [4.69, 9.17) is 9.84 Å². The molecular weight excluding hydrogens is 340 g/mol. The van der Waals surface area contributed by atoms with Crippen LogP contribution in [0.15, 0.2) is 39.0 Å². The Kier molecular flexibility index (Phi) is 5.02. The summed E-state index contributed by atoms with van der Waals surface area (Å²) >= 11 is 6.61. The Morgan fingerprint density at radius 1 is 1.50 bits per heavy atom. The van der Waals surface area contributed by atoms with Crippen LogP contribution in [0, 0.1) is 0 Å². The maximum atomic E-state index is 10.9. The molecule has 0 aliphatic carbocycles. The van der Waals surface area contributed by atoms with Gasteiger partial charge in [-0.2, -0.15) is 0 Å². The van der Waals surface area contributed by atoms with Crippen molar-refractivity contribution in [3.05, 3.63) is 39.0 Å². The standard InChI is InChI=1S/C11H10Br2O3/c1-2-3-10(11(14)15)16-9-5-4-7(12)6-8(9)13/h3-6H,2H2,1H3,(H,14,15)/b10-3+. The molecule has 0 spiro atoms. The summed E-state index contributed by atoms with van der Waals surface area (Å²) in [6.07, 6.45) is 2.13. The lowest BCUT2D eigenvalue weighted by molar-refractivity contribution is -0.135. The number of allylic oxidation sites excluding steroid dienone is 1. The highest BCUT2D eigenvalue weighted by Gasteiger charge is 2.11. The molecule has 0 aromatic heterocycles. The van der Waals surface area contributed by atoms with E-state index in [-0.39, 0.29) is 5.76 Å². The summed E-state index contributed by atoms with van der Waals surface area (Å²) in [5.74, 6) is -0.660. The predicted octanol–water partition coefficient (Wildman–Crippen LogP) is 3.97. The van der Waals surface area contributed by atoms with E-state index >= 15 is 0 Å². The van der Waals surface area contributed by atoms with Crippen LogP contribution in [-0.4, -0.2) is 11.1 Å². The van der Waals surface area contributed by atoms with Gasteiger partial charge in [-0.25, -0.2) is 4.79 Å². The van der Waals surface area contributed by atoms with Gasteiger partial charge in [0.25, 0.3) is 0 Å². The fraction of sp³-hybridized carbons (Fsp3) is 0.182. The lowest BCUT2D eigenvalue weighted by Gasteiger charge is -2.08. The Hall–Kier alpha value is -0.810. The SMILES string of the molecule is CC/C=C(/Oc1ccc(Br)cc1Br)C(=O)O. The third-order valence-corrected chi connectivity index (χ3v) is 2.83. The van der Waals surface area contributed by atoms with Crippen LogP contribution >= 0.6 is 31.9 Å². The number of benzene rings is 1. The number of rotatable bonds is 4. The molecule has 1 N–H and O–H groups in total. The van der Waals surface area contributed by atoms with Crippen LogP contribution in [0.1, 0.15) is 13.3 Å². The first-order valence-electron chi connectivity index (χ1n) is 4.61. The van der Waals surface area contributed by atoms with Gasteiger partial charge in [0, 0.05) is 4.47 Å². The maximum Gasteiger partial charge on any atom is 0.371 e. The molecule has 86 valence electrons. The second kappa shape index (κ2) is 6.06. The molecule has 0 amide bonds. The minimum Gasteiger partial charge on any atom is -0.475 e. The molecule has 1 rings (SSSR count). The van der Waals surface area contributed by atoms with Gasteiger partial charge < -0.3 is 9.84 Å². The number of ether oxygens (including phenoxy) is 1. The van der Waals surface area contributed by atoms with E-state index < -0.39 is 5.97 Å². The number of halogens is 2. The molecule has 0 saturated carbocycles. The topological polar surface area (TPSA) is 46.5 Å². The number of aliphatic carboxylic acids is 1. The molecule has 0 heterocycles. The summed E-state index contributed by atoms with van der Waals surface area (Å²) in [7, 11) is 0. The number of hydrogen-bond acceptors (Lipinski definition) is 2. The fourth-order valence-electron chi connectivity index (χ4n) is 1.03. The van der Waals surface area contributed by atoms with E-state index in [2.05, 4.69) is 31.9 Å². The average molecular weight is 350 g/mol. The number of carboxylic acids is 1. The van der Waals surface area contributed by atoms with Crippen LogP contribution in [0.2, 0.25) is 0 Å². The molecule has 16 heavy (non-hydrogen) atoms. The fourth-order valence-corrected chi connectivity index (χ4v) is 2.16. The van der Waals surface area contributed by atoms with Crippen molar-refractivity contribution in [2.24, 2.45) is 0 Å². The average Bonchev–Trinajstić information content (AvgIpc) is 2.20. The van der Waals surface area contributed by atoms with Crippen LogP contribution < -0.4 is 4.74 Å². The Labute approximate surface area is 110 Å². The maximum absolute atomic E-state index is 10.9. The van der Waals surface area contributed by atoms with E-state index in [1.807, 2.05) is 6.92 Å². The van der Waals surface area contributed by atoms with Crippen molar-refractivity contribution < 1.29 is 14.6 Å². The zero-order chi connectivity index (χ0) is 12.1. The minimum absolute atomic E-state index is 0.0643. The molecule has 0 fully saturated rings. The van der Waals surface area contributed by atoms with Gasteiger partial charge in [-0.15, -0.1) is 0 Å². The summed E-state index contributed by atoms with van der Waals surface area (Å²) in [6.45, 7) is 1.85. The monoisotopic (exact) mass is 348 g/mol. The van der Waals surface area contributed by atoms with E-state index in [0.717, 1.165) is 4.47 Å². The molecule has 0 aliphatic heterocycles. The highest BCUT2D eigenvalue weighted by Crippen LogP contribution is 2.29. The summed E-state index contributed by atoms with van der Waals surface area (Å²) in [5, 5.41) is 8.89. The lowest BCUT2D eigenvalue weighted by atomic mass is 10.3. The van der Waals surface area contributed by atoms with Crippen LogP contribution in [-0.2, 0) is 4.79 Å². The van der Waals surface area contributed by atoms with Crippen LogP contribution in [0.3, 0.4) is 0 Å². The van der Waals surface area contributed by atoms with E-state index in [9.17, 15) is 4.79 Å². The first-order chi connectivity index (χ1) is 7.54. The summed E-state index contributed by atoms with van der Waals surface area (Å²) in [5.41, 5.74) is 0. The highest BCUT2D eigenvalue weighted by atomic mass is 79.9. The third kappa shape index (κ3) is 3.64. The molecule has 0 unspecified atom stereocenters. The van der Waals surface area contributed by atoms with Crippen molar-refractivity contribution in [1.29, 1.82) is 0 Å². The summed E-state index contributed by atoms with van der Waals surface area (Å²) in [4.78, 5) is 10.9. The number of hydrogen-bond donors (Lipinski definition) is 1. The van der Waals surface area contributed by atoms with Crippen molar-refractivity contribution in [2.75, 3.05) is 0 Å². The number of carbonyl (C=O) groups is 1. The van der Waals surface area contributed by atoms with Gasteiger partial charge in [-0.1, -0.05) is 22.9 Å². The van der Waals surface area contributed by atoms with Gasteiger partial charge in [-0.05, 0) is 46.6 Å². The molecule has 3 nitrogen and oxygen atoms in total. The van der Waals surface area contributed by atoms with Crippen molar-refractivity contribution in [3.63, 3.8) is 0 Å². The molecule has 0 saturated heterocycles. The van der Waals surface area contributed by atoms with Crippen LogP contribution in [0.4, 0.5) is 0 Å². The molecule has 1 aromatic rings. The predicted molar refractivity (Wildman–Crippen MR) is 68.5 cm³/mol. The van der Waals surface area contributed by atoms with Crippen molar-refractivity contribution >= 4 is 37.8 Å². The zero-order valence-electron chi connectivity index (χ0n) is 8.54. The Morgan fingerprint density at radius 2 is 2.19 bits per heavy atom. The quantitative estimate of drug-likeness (QED) is 0.660. The normalized spacial score (nSPS) is 11.3. The summed E-state index contributed by atoms with van der Waals surface area (Å²) in [6, 6.07) is 5.27. The van der Waals surface area contributed by atoms with E-state index in [0.29, 0.717) is 16.6 Å². The van der Waals surface area contributed by atoms with Crippen molar-refractivity contribution in [2.45, 2.75) is 13.3 Å². The Bertz CT molecular complexity index is 427. The van der Waals surface area contributed by atoms with Crippen molar-refractivity contribution in [3.8, 4) is 5.75 Å². The first kappa shape index (κ1) is 13.3. The molecule has 0 radical (unpaired) electrons. The van der Waals surface area contributed by atoms with Crippen LogP contribution in [0.25, 0.3) is 0 Å². The Morgan fingerprint density at radius 3 is 2.69 bits per heavy atom. The summed E-state index contributed by atoms with van der Waals surface area (Å²) < 4.78 is 6.89. The van der Waals surface area contributed by atoms with Gasteiger partial charge in [0.15, 0.2) is 0 Å². The van der Waals surface area contributed by atoms with Gasteiger partial charge in [-0.3, -0.25) is 0 Å². The first-order valence-corrected chi connectivity index (χ1v) is 6.19. The molecule has 0 atom stereocenters. The Balaban J connectivity index is 2.94.